The average Bonchev–Trinajstić information content (AvgIpc) is 3.10. The normalized spacial score (nSPS) is 14.8. The lowest BCUT2D eigenvalue weighted by molar-refractivity contribution is 0.0692. The zero-order valence-corrected chi connectivity index (χ0v) is 11.4. The van der Waals surface area contributed by atoms with E-state index in [9.17, 15) is 14.0 Å². The number of hydrogen-bond acceptors (Lipinski definition) is 2. The quantitative estimate of drug-likeness (QED) is 0.793. The summed E-state index contributed by atoms with van der Waals surface area (Å²) in [5, 5.41) is 14.1. The number of carbonyl (C=O) groups excluding carboxylic acids is 1. The SMILES string of the molecule is CC(C)(NC(=O)Nc1ccc(C(=O)O)c(F)c1)C1CC1. The van der Waals surface area contributed by atoms with Crippen molar-refractivity contribution in [1.82, 2.24) is 5.32 Å². The molecule has 0 radical (unpaired) electrons. The third-order valence-electron chi connectivity index (χ3n) is 3.49. The number of hydrogen-bond donors (Lipinski definition) is 3. The summed E-state index contributed by atoms with van der Waals surface area (Å²) in [7, 11) is 0. The van der Waals surface area contributed by atoms with Crippen molar-refractivity contribution < 1.29 is 19.1 Å². The maximum atomic E-state index is 13.5. The molecule has 0 aromatic heterocycles. The summed E-state index contributed by atoms with van der Waals surface area (Å²) >= 11 is 0. The molecule has 2 amide bonds. The molecule has 6 heteroatoms. The van der Waals surface area contributed by atoms with Gasteiger partial charge in [0, 0.05) is 11.2 Å². The van der Waals surface area contributed by atoms with Gasteiger partial charge in [-0.2, -0.15) is 0 Å². The largest absolute Gasteiger partial charge is 0.478 e. The summed E-state index contributed by atoms with van der Waals surface area (Å²) in [4.78, 5) is 22.5. The van der Waals surface area contributed by atoms with Gasteiger partial charge in [-0.3, -0.25) is 0 Å². The molecule has 1 aromatic carbocycles. The first-order valence-electron chi connectivity index (χ1n) is 6.41. The number of nitrogens with one attached hydrogen (secondary N) is 2. The van der Waals surface area contributed by atoms with Crippen molar-refractivity contribution in [2.75, 3.05) is 5.32 Å². The molecule has 0 aliphatic heterocycles. The van der Waals surface area contributed by atoms with Gasteiger partial charge in [-0.15, -0.1) is 0 Å². The number of amides is 2. The first-order chi connectivity index (χ1) is 9.29. The van der Waals surface area contributed by atoms with Crippen LogP contribution in [0.2, 0.25) is 0 Å². The lowest BCUT2D eigenvalue weighted by Gasteiger charge is -2.26. The summed E-state index contributed by atoms with van der Waals surface area (Å²) in [6, 6.07) is 3.05. The van der Waals surface area contributed by atoms with Crippen LogP contribution in [0.25, 0.3) is 0 Å². The van der Waals surface area contributed by atoms with Crippen molar-refractivity contribution in [2.24, 2.45) is 5.92 Å². The van der Waals surface area contributed by atoms with Gasteiger partial charge in [-0.05, 0) is 50.8 Å². The molecule has 1 saturated carbocycles. The van der Waals surface area contributed by atoms with Gasteiger partial charge >= 0.3 is 12.0 Å². The van der Waals surface area contributed by atoms with Gasteiger partial charge < -0.3 is 15.7 Å². The lowest BCUT2D eigenvalue weighted by atomic mass is 9.99. The molecule has 2 rings (SSSR count). The molecule has 0 unspecified atom stereocenters. The predicted octanol–water partition coefficient (Wildman–Crippen LogP) is 2.83. The number of rotatable bonds is 4. The fraction of sp³-hybridized carbons (Fsp3) is 0.429. The summed E-state index contributed by atoms with van der Waals surface area (Å²) in [5.41, 5.74) is -0.505. The maximum Gasteiger partial charge on any atom is 0.338 e. The molecule has 1 aliphatic rings. The molecule has 0 spiro atoms. The van der Waals surface area contributed by atoms with Gasteiger partial charge in [-0.1, -0.05) is 0 Å². The van der Waals surface area contributed by atoms with Crippen LogP contribution in [0.1, 0.15) is 37.0 Å². The van der Waals surface area contributed by atoms with Gasteiger partial charge in [0.25, 0.3) is 0 Å². The van der Waals surface area contributed by atoms with Crippen molar-refractivity contribution in [3.8, 4) is 0 Å². The Labute approximate surface area is 116 Å². The molecule has 3 N–H and O–H groups in total. The Morgan fingerprint density at radius 3 is 2.50 bits per heavy atom. The summed E-state index contributed by atoms with van der Waals surface area (Å²) < 4.78 is 13.5. The van der Waals surface area contributed by atoms with E-state index in [2.05, 4.69) is 10.6 Å². The van der Waals surface area contributed by atoms with Gasteiger partial charge in [-0.25, -0.2) is 14.0 Å². The van der Waals surface area contributed by atoms with Crippen LogP contribution in [0, 0.1) is 11.7 Å². The van der Waals surface area contributed by atoms with E-state index in [1.54, 1.807) is 0 Å². The van der Waals surface area contributed by atoms with Crippen LogP contribution < -0.4 is 10.6 Å². The Bertz CT molecular complexity index is 553. The Balaban J connectivity index is 2.01. The average molecular weight is 280 g/mol. The van der Waals surface area contributed by atoms with Crippen LogP contribution in [-0.2, 0) is 0 Å². The number of anilines is 1. The van der Waals surface area contributed by atoms with Gasteiger partial charge in [0.2, 0.25) is 0 Å². The standard InChI is InChI=1S/C14H17FN2O3/c1-14(2,8-3-4-8)17-13(20)16-9-5-6-10(12(18)19)11(15)7-9/h5-8H,3-4H2,1-2H3,(H,18,19)(H2,16,17,20). The van der Waals surface area contributed by atoms with Crippen LogP contribution in [-0.4, -0.2) is 22.6 Å². The topological polar surface area (TPSA) is 78.4 Å². The van der Waals surface area contributed by atoms with Crippen molar-refractivity contribution in [2.45, 2.75) is 32.2 Å². The minimum atomic E-state index is -1.34. The van der Waals surface area contributed by atoms with Crippen LogP contribution >= 0.6 is 0 Å². The number of carboxylic acids is 1. The molecule has 20 heavy (non-hydrogen) atoms. The number of aromatic carboxylic acids is 1. The zero-order valence-electron chi connectivity index (χ0n) is 11.4. The van der Waals surface area contributed by atoms with Crippen LogP contribution in [0.3, 0.4) is 0 Å². The van der Waals surface area contributed by atoms with E-state index in [1.165, 1.54) is 6.07 Å². The molecule has 1 fully saturated rings. The van der Waals surface area contributed by atoms with Gasteiger partial charge in [0.05, 0.1) is 5.56 Å². The zero-order chi connectivity index (χ0) is 14.9. The highest BCUT2D eigenvalue weighted by molar-refractivity contribution is 5.92. The molecule has 1 aromatic rings. The fourth-order valence-corrected chi connectivity index (χ4v) is 2.13. The second-order valence-corrected chi connectivity index (χ2v) is 5.57. The third-order valence-corrected chi connectivity index (χ3v) is 3.49. The first kappa shape index (κ1) is 14.3. The summed E-state index contributed by atoms with van der Waals surface area (Å²) in [6.07, 6.45) is 2.18. The van der Waals surface area contributed by atoms with E-state index in [0.717, 1.165) is 25.0 Å². The number of carbonyl (C=O) groups is 2. The number of benzene rings is 1. The second-order valence-electron chi connectivity index (χ2n) is 5.57. The van der Waals surface area contributed by atoms with Crippen LogP contribution in [0.15, 0.2) is 18.2 Å². The third kappa shape index (κ3) is 3.26. The Morgan fingerprint density at radius 2 is 2.00 bits per heavy atom. The van der Waals surface area contributed by atoms with E-state index in [0.29, 0.717) is 5.92 Å². The molecule has 1 aliphatic carbocycles. The van der Waals surface area contributed by atoms with Gasteiger partial charge in [0.15, 0.2) is 0 Å². The van der Waals surface area contributed by atoms with E-state index in [1.807, 2.05) is 13.8 Å². The smallest absolute Gasteiger partial charge is 0.338 e. The minimum Gasteiger partial charge on any atom is -0.478 e. The molecule has 0 saturated heterocycles. The Morgan fingerprint density at radius 1 is 1.35 bits per heavy atom. The van der Waals surface area contributed by atoms with Crippen LogP contribution in [0.5, 0.6) is 0 Å². The van der Waals surface area contributed by atoms with E-state index in [-0.39, 0.29) is 11.2 Å². The molecule has 108 valence electrons. The fourth-order valence-electron chi connectivity index (χ4n) is 2.13. The highest BCUT2D eigenvalue weighted by atomic mass is 19.1. The van der Waals surface area contributed by atoms with Crippen molar-refractivity contribution in [1.29, 1.82) is 0 Å². The predicted molar refractivity (Wildman–Crippen MR) is 72.3 cm³/mol. The highest BCUT2D eigenvalue weighted by Crippen LogP contribution is 2.39. The van der Waals surface area contributed by atoms with Crippen molar-refractivity contribution >= 4 is 17.7 Å². The first-order valence-corrected chi connectivity index (χ1v) is 6.41. The molecular formula is C14H17FN2O3. The Kier molecular flexibility index (Phi) is 3.65. The number of urea groups is 1. The van der Waals surface area contributed by atoms with E-state index >= 15 is 0 Å². The molecule has 0 heterocycles. The minimum absolute atomic E-state index is 0.219. The maximum absolute atomic E-state index is 13.5. The van der Waals surface area contributed by atoms with Crippen LogP contribution in [0.4, 0.5) is 14.9 Å². The molecule has 5 nitrogen and oxygen atoms in total. The summed E-state index contributed by atoms with van der Waals surface area (Å²) in [5.74, 6) is -1.75. The van der Waals surface area contributed by atoms with Crippen molar-refractivity contribution in [3.05, 3.63) is 29.6 Å². The lowest BCUT2D eigenvalue weighted by Crippen LogP contribution is -2.47. The van der Waals surface area contributed by atoms with E-state index in [4.69, 9.17) is 5.11 Å². The molecular weight excluding hydrogens is 263 g/mol. The monoisotopic (exact) mass is 280 g/mol. The molecule has 0 atom stereocenters. The van der Waals surface area contributed by atoms with Gasteiger partial charge in [0.1, 0.15) is 5.82 Å². The van der Waals surface area contributed by atoms with E-state index < -0.39 is 23.4 Å². The Hall–Kier alpha value is -2.11. The number of carboxylic acid groups (broad SMARTS) is 1. The highest BCUT2D eigenvalue weighted by Gasteiger charge is 2.38. The number of halogens is 1. The summed E-state index contributed by atoms with van der Waals surface area (Å²) in [6.45, 7) is 3.89. The molecule has 0 bridgehead atoms. The van der Waals surface area contributed by atoms with Crippen molar-refractivity contribution in [3.63, 3.8) is 0 Å². The second kappa shape index (κ2) is 5.11.